The van der Waals surface area contributed by atoms with E-state index in [4.69, 9.17) is 13.9 Å². The average Bonchev–Trinajstić information content (AvgIpc) is 2.81. The van der Waals surface area contributed by atoms with Gasteiger partial charge in [0.1, 0.15) is 11.4 Å². The standard InChI is InChI=1S/C31H53NO6Si/c1-30(2,3)37-29(35)32-26(20-22-13-11-10-12-14-22)27(38-39(8,9)31(4,5)6)21-24(28(33)34)19-23-15-17-25(36-7)18-16-23/h15-18,22,24,26-27H,10-14,19-21H2,1-9H3,(H,32,35)(H,33,34). The van der Waals surface area contributed by atoms with Gasteiger partial charge in [-0.2, -0.15) is 0 Å². The molecule has 1 aromatic carbocycles. The minimum Gasteiger partial charge on any atom is -0.497 e. The highest BCUT2D eigenvalue weighted by Gasteiger charge is 2.43. The van der Waals surface area contributed by atoms with Crippen molar-refractivity contribution in [3.63, 3.8) is 0 Å². The van der Waals surface area contributed by atoms with E-state index in [0.717, 1.165) is 30.6 Å². The number of carbonyl (C=O) groups is 2. The molecule has 0 radical (unpaired) electrons. The Labute approximate surface area is 237 Å². The Bertz CT molecular complexity index is 912. The van der Waals surface area contributed by atoms with Crippen molar-refractivity contribution >= 4 is 20.4 Å². The molecule has 0 saturated heterocycles. The highest BCUT2D eigenvalue weighted by molar-refractivity contribution is 6.74. The highest BCUT2D eigenvalue weighted by atomic mass is 28.4. The molecular formula is C31H53NO6Si. The van der Waals surface area contributed by atoms with E-state index in [1.165, 1.54) is 19.3 Å². The lowest BCUT2D eigenvalue weighted by Crippen LogP contribution is -2.54. The molecule has 0 aliphatic heterocycles. The van der Waals surface area contributed by atoms with Crippen LogP contribution in [0.4, 0.5) is 4.79 Å². The van der Waals surface area contributed by atoms with Crippen molar-refractivity contribution in [1.82, 2.24) is 5.32 Å². The molecule has 0 heterocycles. The van der Waals surface area contributed by atoms with Crippen molar-refractivity contribution < 1.29 is 28.6 Å². The van der Waals surface area contributed by atoms with Crippen LogP contribution < -0.4 is 10.1 Å². The fraction of sp³-hybridized carbons (Fsp3) is 0.742. The number of ether oxygens (including phenoxy) is 2. The van der Waals surface area contributed by atoms with E-state index >= 15 is 0 Å². The first-order chi connectivity index (χ1) is 18.0. The molecule has 1 aliphatic rings. The first-order valence-electron chi connectivity index (χ1n) is 14.5. The smallest absolute Gasteiger partial charge is 0.407 e. The summed E-state index contributed by atoms with van der Waals surface area (Å²) in [6, 6.07) is 7.20. The number of amides is 1. The van der Waals surface area contributed by atoms with Gasteiger partial charge in [-0.3, -0.25) is 4.79 Å². The fourth-order valence-corrected chi connectivity index (χ4v) is 6.36. The summed E-state index contributed by atoms with van der Waals surface area (Å²) < 4.78 is 17.9. The van der Waals surface area contributed by atoms with E-state index in [1.54, 1.807) is 7.11 Å². The van der Waals surface area contributed by atoms with Gasteiger partial charge in [0, 0.05) is 0 Å². The van der Waals surface area contributed by atoms with Crippen LogP contribution in [0.25, 0.3) is 0 Å². The number of carboxylic acid groups (broad SMARTS) is 1. The molecule has 1 saturated carbocycles. The van der Waals surface area contributed by atoms with Crippen LogP contribution in [0, 0.1) is 11.8 Å². The number of carboxylic acids is 1. The van der Waals surface area contributed by atoms with Gasteiger partial charge in [0.2, 0.25) is 0 Å². The fourth-order valence-electron chi connectivity index (χ4n) is 4.99. The zero-order valence-corrected chi connectivity index (χ0v) is 26.8. The Kier molecular flexibility index (Phi) is 11.9. The molecule has 3 unspecified atom stereocenters. The number of rotatable bonds is 12. The molecule has 7 nitrogen and oxygen atoms in total. The molecule has 2 N–H and O–H groups in total. The average molecular weight is 564 g/mol. The Morgan fingerprint density at radius 3 is 2.10 bits per heavy atom. The Hall–Kier alpha value is -2.06. The number of carbonyl (C=O) groups excluding carboxylic acids is 1. The lowest BCUT2D eigenvalue weighted by atomic mass is 9.82. The van der Waals surface area contributed by atoms with Gasteiger partial charge in [-0.25, -0.2) is 4.79 Å². The van der Waals surface area contributed by atoms with Gasteiger partial charge in [0.05, 0.1) is 25.2 Å². The van der Waals surface area contributed by atoms with E-state index in [-0.39, 0.29) is 11.1 Å². The monoisotopic (exact) mass is 563 g/mol. The summed E-state index contributed by atoms with van der Waals surface area (Å²) >= 11 is 0. The number of nitrogens with one attached hydrogen (secondary N) is 1. The summed E-state index contributed by atoms with van der Waals surface area (Å²) in [6.07, 6.45) is 6.37. The molecule has 0 bridgehead atoms. The maximum absolute atomic E-state index is 13.0. The number of hydrogen-bond acceptors (Lipinski definition) is 5. The summed E-state index contributed by atoms with van der Waals surface area (Å²) in [4.78, 5) is 25.6. The molecule has 2 rings (SSSR count). The summed E-state index contributed by atoms with van der Waals surface area (Å²) in [5, 5.41) is 13.4. The van der Waals surface area contributed by atoms with Crippen LogP contribution in [0.15, 0.2) is 24.3 Å². The highest BCUT2D eigenvalue weighted by Crippen LogP contribution is 2.39. The third-order valence-corrected chi connectivity index (χ3v) is 12.7. The molecule has 1 aliphatic carbocycles. The van der Waals surface area contributed by atoms with E-state index in [2.05, 4.69) is 39.2 Å². The van der Waals surface area contributed by atoms with Crippen LogP contribution in [0.3, 0.4) is 0 Å². The van der Waals surface area contributed by atoms with Crippen LogP contribution in [0.2, 0.25) is 18.1 Å². The molecule has 0 spiro atoms. The summed E-state index contributed by atoms with van der Waals surface area (Å²) in [5.41, 5.74) is 0.297. The van der Waals surface area contributed by atoms with Gasteiger partial charge in [-0.05, 0) is 81.8 Å². The number of methoxy groups -OCH3 is 1. The second kappa shape index (κ2) is 14.0. The Balaban J connectivity index is 2.41. The lowest BCUT2D eigenvalue weighted by Gasteiger charge is -2.43. The van der Waals surface area contributed by atoms with Crippen molar-refractivity contribution in [1.29, 1.82) is 0 Å². The van der Waals surface area contributed by atoms with Crippen molar-refractivity contribution in [3.8, 4) is 5.75 Å². The van der Waals surface area contributed by atoms with Gasteiger partial charge in [0.15, 0.2) is 8.32 Å². The van der Waals surface area contributed by atoms with Crippen LogP contribution in [0.1, 0.15) is 92.1 Å². The number of hydrogen-bond donors (Lipinski definition) is 2. The van der Waals surface area contributed by atoms with Crippen molar-refractivity contribution in [2.75, 3.05) is 7.11 Å². The predicted molar refractivity (Wildman–Crippen MR) is 159 cm³/mol. The lowest BCUT2D eigenvalue weighted by molar-refractivity contribution is -0.142. The van der Waals surface area contributed by atoms with Gasteiger partial charge in [-0.1, -0.05) is 65.0 Å². The van der Waals surface area contributed by atoms with Crippen LogP contribution in [-0.2, 0) is 20.4 Å². The van der Waals surface area contributed by atoms with Crippen molar-refractivity contribution in [3.05, 3.63) is 29.8 Å². The van der Waals surface area contributed by atoms with Gasteiger partial charge in [0.25, 0.3) is 0 Å². The molecule has 0 aromatic heterocycles. The van der Waals surface area contributed by atoms with E-state index < -0.39 is 38.0 Å². The number of alkyl carbamates (subject to hydrolysis) is 1. The SMILES string of the molecule is COc1ccc(CC(CC(O[Si](C)(C)C(C)(C)C)C(CC2CCCCC2)NC(=O)OC(C)(C)C)C(=O)O)cc1. The minimum atomic E-state index is -2.30. The van der Waals surface area contributed by atoms with E-state index in [0.29, 0.717) is 18.8 Å². The first-order valence-corrected chi connectivity index (χ1v) is 17.4. The summed E-state index contributed by atoms with van der Waals surface area (Å²) in [7, 11) is -0.689. The largest absolute Gasteiger partial charge is 0.497 e. The third kappa shape index (κ3) is 11.1. The third-order valence-electron chi connectivity index (χ3n) is 8.22. The molecule has 39 heavy (non-hydrogen) atoms. The minimum absolute atomic E-state index is 0.0682. The summed E-state index contributed by atoms with van der Waals surface area (Å²) in [6.45, 7) is 16.5. The van der Waals surface area contributed by atoms with E-state index in [1.807, 2.05) is 45.0 Å². The maximum atomic E-state index is 13.0. The molecule has 1 amide bonds. The second-order valence-electron chi connectivity index (χ2n) is 13.7. The van der Waals surface area contributed by atoms with E-state index in [9.17, 15) is 14.7 Å². The van der Waals surface area contributed by atoms with Gasteiger partial charge < -0.3 is 24.3 Å². The molecule has 222 valence electrons. The quantitative estimate of drug-likeness (QED) is 0.255. The zero-order valence-electron chi connectivity index (χ0n) is 25.8. The second-order valence-corrected chi connectivity index (χ2v) is 18.5. The Morgan fingerprint density at radius 1 is 1.03 bits per heavy atom. The van der Waals surface area contributed by atoms with Gasteiger partial charge in [-0.15, -0.1) is 0 Å². The normalized spacial score (nSPS) is 17.7. The number of benzene rings is 1. The van der Waals surface area contributed by atoms with Crippen LogP contribution in [0.5, 0.6) is 5.75 Å². The van der Waals surface area contributed by atoms with Crippen LogP contribution in [-0.4, -0.2) is 50.3 Å². The molecule has 1 fully saturated rings. The zero-order chi connectivity index (χ0) is 29.4. The maximum Gasteiger partial charge on any atom is 0.407 e. The molecule has 3 atom stereocenters. The molecule has 1 aromatic rings. The molecule has 8 heteroatoms. The number of aliphatic carboxylic acids is 1. The van der Waals surface area contributed by atoms with Gasteiger partial charge >= 0.3 is 12.1 Å². The van der Waals surface area contributed by atoms with Crippen molar-refractivity contribution in [2.24, 2.45) is 11.8 Å². The van der Waals surface area contributed by atoms with Crippen molar-refractivity contribution in [2.45, 2.75) is 129 Å². The predicted octanol–water partition coefficient (Wildman–Crippen LogP) is 7.58. The summed E-state index contributed by atoms with van der Waals surface area (Å²) in [5.74, 6) is -0.321. The topological polar surface area (TPSA) is 94.1 Å². The molecular weight excluding hydrogens is 510 g/mol. The first kappa shape index (κ1) is 33.1. The van der Waals surface area contributed by atoms with Crippen LogP contribution >= 0.6 is 0 Å². The Morgan fingerprint density at radius 2 is 1.62 bits per heavy atom.